The van der Waals surface area contributed by atoms with E-state index in [9.17, 15) is 4.79 Å². The Kier molecular flexibility index (Phi) is 6.14. The van der Waals surface area contributed by atoms with E-state index in [1.165, 1.54) is 11.8 Å². The number of halogens is 2. The molecule has 0 saturated carbocycles. The van der Waals surface area contributed by atoms with Crippen LogP contribution in [0.4, 0.5) is 5.69 Å². The van der Waals surface area contributed by atoms with Crippen molar-refractivity contribution < 1.29 is 4.79 Å². The normalized spacial score (nSPS) is 11.0. The molecule has 3 nitrogen and oxygen atoms in total. The van der Waals surface area contributed by atoms with Crippen LogP contribution in [0.1, 0.15) is 5.56 Å². The highest BCUT2D eigenvalue weighted by Gasteiger charge is 2.12. The number of hydrogen-bond acceptors (Lipinski definition) is 2. The molecule has 0 saturated heterocycles. The Bertz CT molecular complexity index is 1160. The maximum Gasteiger partial charge on any atom is 0.234 e. The highest BCUT2D eigenvalue weighted by molar-refractivity contribution is 8.00. The molecule has 4 aromatic rings. The molecular formula is C23H18Cl2N2OS. The van der Waals surface area contributed by atoms with E-state index in [2.05, 4.69) is 28.2 Å². The highest BCUT2D eigenvalue weighted by atomic mass is 35.5. The first-order valence-corrected chi connectivity index (χ1v) is 10.8. The lowest BCUT2D eigenvalue weighted by atomic mass is 10.2. The van der Waals surface area contributed by atoms with Crippen LogP contribution in [0.2, 0.25) is 10.0 Å². The summed E-state index contributed by atoms with van der Waals surface area (Å²) in [5, 5.41) is 5.42. The number of para-hydroxylation sites is 1. The Balaban J connectivity index is 1.51. The molecule has 0 radical (unpaired) electrons. The van der Waals surface area contributed by atoms with Crippen molar-refractivity contribution in [2.24, 2.45) is 0 Å². The molecule has 0 aliphatic carbocycles. The van der Waals surface area contributed by atoms with E-state index in [1.807, 2.05) is 36.4 Å². The lowest BCUT2D eigenvalue weighted by molar-refractivity contribution is -0.113. The van der Waals surface area contributed by atoms with E-state index in [1.54, 1.807) is 24.3 Å². The number of fused-ring (bicyclic) bond motifs is 1. The molecule has 0 aliphatic rings. The van der Waals surface area contributed by atoms with Gasteiger partial charge in [0.15, 0.2) is 0 Å². The standard InChI is InChI=1S/C23H18Cl2N2OS/c24-17-9-11-18(12-10-17)26-23(28)15-29-22-14-27(21-8-4-2-6-19(21)22)13-16-5-1-3-7-20(16)25/h1-12,14H,13,15H2,(H,26,28). The minimum atomic E-state index is -0.0553. The van der Waals surface area contributed by atoms with Crippen LogP contribution < -0.4 is 5.32 Å². The first kappa shape index (κ1) is 19.9. The average molecular weight is 441 g/mol. The van der Waals surface area contributed by atoms with Gasteiger partial charge in [0.05, 0.1) is 5.75 Å². The van der Waals surface area contributed by atoms with Crippen molar-refractivity contribution in [2.75, 3.05) is 11.1 Å². The van der Waals surface area contributed by atoms with Gasteiger partial charge >= 0.3 is 0 Å². The van der Waals surface area contributed by atoms with Gasteiger partial charge in [-0.25, -0.2) is 0 Å². The molecule has 0 fully saturated rings. The van der Waals surface area contributed by atoms with Gasteiger partial charge in [-0.3, -0.25) is 4.79 Å². The number of anilines is 1. The van der Waals surface area contributed by atoms with Crippen molar-refractivity contribution in [1.82, 2.24) is 4.57 Å². The molecule has 1 amide bonds. The van der Waals surface area contributed by atoms with Crippen LogP contribution in [0.5, 0.6) is 0 Å². The highest BCUT2D eigenvalue weighted by Crippen LogP contribution is 2.31. The molecule has 3 aromatic carbocycles. The summed E-state index contributed by atoms with van der Waals surface area (Å²) in [6.45, 7) is 0.678. The van der Waals surface area contributed by atoms with Crippen molar-refractivity contribution >= 4 is 57.5 Å². The fourth-order valence-electron chi connectivity index (χ4n) is 3.14. The molecule has 0 bridgehead atoms. The number of carbonyl (C=O) groups excluding carboxylic acids is 1. The Morgan fingerprint density at radius 2 is 1.66 bits per heavy atom. The van der Waals surface area contributed by atoms with E-state index in [4.69, 9.17) is 23.2 Å². The van der Waals surface area contributed by atoms with E-state index < -0.39 is 0 Å². The molecule has 0 spiro atoms. The first-order chi connectivity index (χ1) is 14.1. The average Bonchev–Trinajstić information content (AvgIpc) is 3.08. The smallest absolute Gasteiger partial charge is 0.234 e. The van der Waals surface area contributed by atoms with E-state index >= 15 is 0 Å². The van der Waals surface area contributed by atoms with Crippen LogP contribution in [0, 0.1) is 0 Å². The van der Waals surface area contributed by atoms with Crippen LogP contribution in [0.15, 0.2) is 83.9 Å². The minimum Gasteiger partial charge on any atom is -0.342 e. The van der Waals surface area contributed by atoms with Crippen molar-refractivity contribution in [3.05, 3.63) is 94.6 Å². The maximum absolute atomic E-state index is 12.4. The summed E-state index contributed by atoms with van der Waals surface area (Å²) >= 11 is 13.8. The molecule has 0 atom stereocenters. The summed E-state index contributed by atoms with van der Waals surface area (Å²) in [5.74, 6) is 0.267. The van der Waals surface area contributed by atoms with Crippen molar-refractivity contribution in [3.63, 3.8) is 0 Å². The van der Waals surface area contributed by atoms with Gasteiger partial charge in [-0.05, 0) is 42.0 Å². The number of rotatable bonds is 6. The second kappa shape index (κ2) is 8.95. The topological polar surface area (TPSA) is 34.0 Å². The number of hydrogen-bond donors (Lipinski definition) is 1. The van der Waals surface area contributed by atoms with E-state index in [0.717, 1.165) is 32.1 Å². The Hall–Kier alpha value is -2.40. The first-order valence-electron chi connectivity index (χ1n) is 9.09. The third-order valence-corrected chi connectivity index (χ3v) is 6.20. The number of thioether (sulfide) groups is 1. The molecular weight excluding hydrogens is 423 g/mol. The Morgan fingerprint density at radius 1 is 0.931 bits per heavy atom. The zero-order valence-corrected chi connectivity index (χ0v) is 17.8. The minimum absolute atomic E-state index is 0.0553. The number of carbonyl (C=O) groups is 1. The van der Waals surface area contributed by atoms with Gasteiger partial charge in [-0.1, -0.05) is 59.6 Å². The van der Waals surface area contributed by atoms with Gasteiger partial charge in [0.25, 0.3) is 0 Å². The molecule has 1 heterocycles. The van der Waals surface area contributed by atoms with E-state index in [0.29, 0.717) is 17.3 Å². The predicted molar refractivity (Wildman–Crippen MR) is 123 cm³/mol. The molecule has 4 rings (SSSR count). The number of nitrogens with zero attached hydrogens (tertiary/aromatic N) is 1. The second-order valence-electron chi connectivity index (χ2n) is 6.57. The number of aromatic nitrogens is 1. The number of amides is 1. The molecule has 1 aromatic heterocycles. The fraction of sp³-hybridized carbons (Fsp3) is 0.0870. The van der Waals surface area contributed by atoms with Gasteiger partial charge in [-0.2, -0.15) is 0 Å². The second-order valence-corrected chi connectivity index (χ2v) is 8.43. The fourth-order valence-corrected chi connectivity index (χ4v) is 4.35. The van der Waals surface area contributed by atoms with Crippen LogP contribution in [0.25, 0.3) is 10.9 Å². The van der Waals surface area contributed by atoms with E-state index in [-0.39, 0.29) is 5.91 Å². The molecule has 0 unspecified atom stereocenters. The maximum atomic E-state index is 12.4. The number of benzene rings is 3. The van der Waals surface area contributed by atoms with Crippen molar-refractivity contribution in [1.29, 1.82) is 0 Å². The SMILES string of the molecule is O=C(CSc1cn(Cc2ccccc2Cl)c2ccccc12)Nc1ccc(Cl)cc1. The molecule has 0 aliphatic heterocycles. The largest absolute Gasteiger partial charge is 0.342 e. The lowest BCUT2D eigenvalue weighted by Gasteiger charge is -2.07. The summed E-state index contributed by atoms with van der Waals surface area (Å²) in [4.78, 5) is 13.4. The monoisotopic (exact) mass is 440 g/mol. The van der Waals surface area contributed by atoms with Crippen LogP contribution >= 0.6 is 35.0 Å². The van der Waals surface area contributed by atoms with Crippen LogP contribution in [0.3, 0.4) is 0 Å². The van der Waals surface area contributed by atoms with Crippen LogP contribution in [-0.2, 0) is 11.3 Å². The van der Waals surface area contributed by atoms with Gasteiger partial charge in [0, 0.05) is 44.3 Å². The zero-order chi connectivity index (χ0) is 20.2. The zero-order valence-electron chi connectivity index (χ0n) is 15.4. The summed E-state index contributed by atoms with van der Waals surface area (Å²) in [5.41, 5.74) is 2.92. The third kappa shape index (κ3) is 4.78. The predicted octanol–water partition coefficient (Wildman–Crippen LogP) is 6.73. The Labute approximate surface area is 183 Å². The molecule has 29 heavy (non-hydrogen) atoms. The van der Waals surface area contributed by atoms with Gasteiger partial charge in [0.1, 0.15) is 0 Å². The third-order valence-electron chi connectivity index (χ3n) is 4.54. The molecule has 1 N–H and O–H groups in total. The van der Waals surface area contributed by atoms with Gasteiger partial charge < -0.3 is 9.88 Å². The number of nitrogens with one attached hydrogen (secondary N) is 1. The lowest BCUT2D eigenvalue weighted by Crippen LogP contribution is -2.13. The Morgan fingerprint density at radius 3 is 2.45 bits per heavy atom. The summed E-state index contributed by atoms with van der Waals surface area (Å²) in [6, 6.07) is 23.2. The summed E-state index contributed by atoms with van der Waals surface area (Å²) in [7, 11) is 0. The van der Waals surface area contributed by atoms with Gasteiger partial charge in [0.2, 0.25) is 5.91 Å². The summed E-state index contributed by atoms with van der Waals surface area (Å²) < 4.78 is 2.18. The van der Waals surface area contributed by atoms with Crippen molar-refractivity contribution in [3.8, 4) is 0 Å². The summed E-state index contributed by atoms with van der Waals surface area (Å²) in [6.07, 6.45) is 2.09. The van der Waals surface area contributed by atoms with Gasteiger partial charge in [-0.15, -0.1) is 11.8 Å². The van der Waals surface area contributed by atoms with Crippen molar-refractivity contribution in [2.45, 2.75) is 11.4 Å². The quantitative estimate of drug-likeness (QED) is 0.337. The molecule has 6 heteroatoms. The van der Waals surface area contributed by atoms with Crippen LogP contribution in [-0.4, -0.2) is 16.2 Å². The molecule has 146 valence electrons.